The highest BCUT2D eigenvalue weighted by atomic mass is 35.5. The maximum Gasteiger partial charge on any atom is 0.257 e. The fraction of sp³-hybridized carbons (Fsp3) is 0.133. The van der Waals surface area contributed by atoms with Crippen molar-refractivity contribution in [3.63, 3.8) is 0 Å². The second kappa shape index (κ2) is 6.25. The third-order valence-corrected chi connectivity index (χ3v) is 3.02. The Morgan fingerprint density at radius 1 is 1.16 bits per heavy atom. The molecule has 0 saturated carbocycles. The first-order valence-corrected chi connectivity index (χ1v) is 6.27. The largest absolute Gasteiger partial charge is 0.484 e. The zero-order chi connectivity index (χ0) is 13.7. The lowest BCUT2D eigenvalue weighted by Crippen LogP contribution is -2.24. The van der Waals surface area contributed by atoms with E-state index in [1.54, 1.807) is 7.05 Å². The monoisotopic (exact) mass is 275 g/mol. The van der Waals surface area contributed by atoms with Crippen molar-refractivity contribution in [1.82, 2.24) is 5.32 Å². The molecule has 0 saturated heterocycles. The maximum atomic E-state index is 11.1. The van der Waals surface area contributed by atoms with Crippen LogP contribution in [0.4, 0.5) is 0 Å². The van der Waals surface area contributed by atoms with Gasteiger partial charge in [0.05, 0.1) is 0 Å². The number of carbonyl (C=O) groups is 1. The number of rotatable bonds is 4. The predicted molar refractivity (Wildman–Crippen MR) is 76.4 cm³/mol. The van der Waals surface area contributed by atoms with Crippen LogP contribution in [-0.4, -0.2) is 19.6 Å². The molecule has 1 amide bonds. The molecule has 2 rings (SSSR count). The number of carbonyl (C=O) groups excluding carboxylic acids is 1. The Morgan fingerprint density at radius 2 is 1.84 bits per heavy atom. The number of likely N-dealkylation sites (N-methyl/N-ethyl adjacent to an activating group) is 1. The zero-order valence-electron chi connectivity index (χ0n) is 10.5. The predicted octanol–water partition coefficient (Wildman–Crippen LogP) is 3.13. The number of nitrogens with one attached hydrogen (secondary N) is 1. The first kappa shape index (κ1) is 13.4. The smallest absolute Gasteiger partial charge is 0.257 e. The van der Waals surface area contributed by atoms with E-state index in [2.05, 4.69) is 5.32 Å². The lowest BCUT2D eigenvalue weighted by molar-refractivity contribution is -0.122. The molecular weight excluding hydrogens is 262 g/mol. The first-order chi connectivity index (χ1) is 9.20. The van der Waals surface area contributed by atoms with Crippen LogP contribution in [0, 0.1) is 0 Å². The SMILES string of the molecule is CNC(=O)COc1ccc(-c2ccccc2Cl)cc1. The molecule has 0 radical (unpaired) electrons. The number of hydrogen-bond donors (Lipinski definition) is 1. The van der Waals surface area contributed by atoms with Gasteiger partial charge in [-0.1, -0.05) is 41.9 Å². The van der Waals surface area contributed by atoms with Crippen LogP contribution in [0.15, 0.2) is 48.5 Å². The Hall–Kier alpha value is -2.00. The summed E-state index contributed by atoms with van der Waals surface area (Å²) in [6.07, 6.45) is 0. The molecule has 2 aromatic carbocycles. The summed E-state index contributed by atoms with van der Waals surface area (Å²) in [7, 11) is 1.58. The van der Waals surface area contributed by atoms with Gasteiger partial charge in [0.25, 0.3) is 5.91 Å². The van der Waals surface area contributed by atoms with Crippen LogP contribution in [0.2, 0.25) is 5.02 Å². The number of hydrogen-bond acceptors (Lipinski definition) is 2. The topological polar surface area (TPSA) is 38.3 Å². The van der Waals surface area contributed by atoms with Crippen LogP contribution < -0.4 is 10.1 Å². The van der Waals surface area contributed by atoms with Gasteiger partial charge < -0.3 is 10.1 Å². The van der Waals surface area contributed by atoms with Gasteiger partial charge in [-0.05, 0) is 23.8 Å². The van der Waals surface area contributed by atoms with Crippen molar-refractivity contribution in [2.75, 3.05) is 13.7 Å². The molecule has 19 heavy (non-hydrogen) atoms. The van der Waals surface area contributed by atoms with E-state index in [4.69, 9.17) is 16.3 Å². The minimum Gasteiger partial charge on any atom is -0.484 e. The molecule has 2 aromatic rings. The maximum absolute atomic E-state index is 11.1. The molecule has 0 aliphatic carbocycles. The Balaban J connectivity index is 2.11. The van der Waals surface area contributed by atoms with E-state index in [1.165, 1.54) is 0 Å². The molecule has 0 aliphatic heterocycles. The summed E-state index contributed by atoms with van der Waals surface area (Å²) in [6, 6.07) is 15.1. The fourth-order valence-corrected chi connectivity index (χ4v) is 1.89. The third kappa shape index (κ3) is 3.48. The molecule has 3 nitrogen and oxygen atoms in total. The second-order valence-corrected chi connectivity index (χ2v) is 4.37. The van der Waals surface area contributed by atoms with Crippen LogP contribution in [0.1, 0.15) is 0 Å². The number of benzene rings is 2. The van der Waals surface area contributed by atoms with Gasteiger partial charge in [-0.2, -0.15) is 0 Å². The molecule has 0 aliphatic rings. The van der Waals surface area contributed by atoms with Crippen LogP contribution in [0.5, 0.6) is 5.75 Å². The van der Waals surface area contributed by atoms with Crippen molar-refractivity contribution in [2.45, 2.75) is 0 Å². The van der Waals surface area contributed by atoms with E-state index in [9.17, 15) is 4.79 Å². The molecule has 0 atom stereocenters. The molecule has 0 heterocycles. The number of halogens is 1. The van der Waals surface area contributed by atoms with E-state index < -0.39 is 0 Å². The number of amides is 1. The number of ether oxygens (including phenoxy) is 1. The molecule has 1 N–H and O–H groups in total. The molecule has 0 bridgehead atoms. The van der Waals surface area contributed by atoms with Crippen molar-refractivity contribution in [3.8, 4) is 16.9 Å². The van der Waals surface area contributed by atoms with Gasteiger partial charge in [-0.15, -0.1) is 0 Å². The van der Waals surface area contributed by atoms with Gasteiger partial charge in [-0.3, -0.25) is 4.79 Å². The van der Waals surface area contributed by atoms with Gasteiger partial charge in [-0.25, -0.2) is 0 Å². The minimum atomic E-state index is -0.157. The van der Waals surface area contributed by atoms with Crippen LogP contribution in [0.25, 0.3) is 11.1 Å². The van der Waals surface area contributed by atoms with Crippen molar-refractivity contribution in [2.24, 2.45) is 0 Å². The molecule has 0 unspecified atom stereocenters. The summed E-state index contributed by atoms with van der Waals surface area (Å²) in [5, 5.41) is 3.21. The van der Waals surface area contributed by atoms with Gasteiger partial charge in [0.2, 0.25) is 0 Å². The quantitative estimate of drug-likeness (QED) is 0.931. The third-order valence-electron chi connectivity index (χ3n) is 2.69. The average molecular weight is 276 g/mol. The highest BCUT2D eigenvalue weighted by Gasteiger charge is 2.03. The van der Waals surface area contributed by atoms with Gasteiger partial charge in [0.15, 0.2) is 6.61 Å². The van der Waals surface area contributed by atoms with Gasteiger partial charge in [0, 0.05) is 17.6 Å². The van der Waals surface area contributed by atoms with Crippen molar-refractivity contribution in [1.29, 1.82) is 0 Å². The summed E-state index contributed by atoms with van der Waals surface area (Å²) in [5.41, 5.74) is 1.99. The molecule has 4 heteroatoms. The normalized spacial score (nSPS) is 10.0. The summed E-state index contributed by atoms with van der Waals surface area (Å²) < 4.78 is 5.33. The summed E-state index contributed by atoms with van der Waals surface area (Å²) in [4.78, 5) is 11.1. The summed E-state index contributed by atoms with van der Waals surface area (Å²) >= 11 is 6.14. The molecule has 0 spiro atoms. The van der Waals surface area contributed by atoms with Crippen LogP contribution in [0.3, 0.4) is 0 Å². The van der Waals surface area contributed by atoms with E-state index in [-0.39, 0.29) is 12.5 Å². The fourth-order valence-electron chi connectivity index (χ4n) is 1.65. The lowest BCUT2D eigenvalue weighted by atomic mass is 10.1. The second-order valence-electron chi connectivity index (χ2n) is 3.97. The van der Waals surface area contributed by atoms with Crippen molar-refractivity contribution < 1.29 is 9.53 Å². The summed E-state index contributed by atoms with van der Waals surface area (Å²) in [5.74, 6) is 0.495. The molecule has 98 valence electrons. The first-order valence-electron chi connectivity index (χ1n) is 5.89. The van der Waals surface area contributed by atoms with Crippen LogP contribution in [-0.2, 0) is 4.79 Å². The van der Waals surface area contributed by atoms with E-state index in [1.807, 2.05) is 48.5 Å². The Kier molecular flexibility index (Phi) is 4.42. The van der Waals surface area contributed by atoms with Crippen molar-refractivity contribution >= 4 is 17.5 Å². The molecule has 0 fully saturated rings. The standard InChI is InChI=1S/C15H14ClNO2/c1-17-15(18)10-19-12-8-6-11(7-9-12)13-4-2-3-5-14(13)16/h2-9H,10H2,1H3,(H,17,18). The van der Waals surface area contributed by atoms with E-state index >= 15 is 0 Å². The lowest BCUT2D eigenvalue weighted by Gasteiger charge is -2.07. The Labute approximate surface area is 117 Å². The average Bonchev–Trinajstić information content (AvgIpc) is 2.46. The van der Waals surface area contributed by atoms with E-state index in [0.29, 0.717) is 10.8 Å². The Morgan fingerprint density at radius 3 is 2.47 bits per heavy atom. The molecular formula is C15H14ClNO2. The van der Waals surface area contributed by atoms with Crippen molar-refractivity contribution in [3.05, 3.63) is 53.6 Å². The van der Waals surface area contributed by atoms with Gasteiger partial charge >= 0.3 is 0 Å². The highest BCUT2D eigenvalue weighted by Crippen LogP contribution is 2.28. The van der Waals surface area contributed by atoms with E-state index in [0.717, 1.165) is 11.1 Å². The van der Waals surface area contributed by atoms with Crippen LogP contribution >= 0.6 is 11.6 Å². The molecule has 0 aromatic heterocycles. The minimum absolute atomic E-state index is 0.0158. The van der Waals surface area contributed by atoms with Gasteiger partial charge in [0.1, 0.15) is 5.75 Å². The zero-order valence-corrected chi connectivity index (χ0v) is 11.3. The Bertz CT molecular complexity index is 567. The highest BCUT2D eigenvalue weighted by molar-refractivity contribution is 6.33. The summed E-state index contributed by atoms with van der Waals surface area (Å²) in [6.45, 7) is 0.0158.